The topological polar surface area (TPSA) is 90.5 Å². The average Bonchev–Trinajstić information content (AvgIpc) is 2.17. The summed E-state index contributed by atoms with van der Waals surface area (Å²) in [4.78, 5) is 0. The van der Waals surface area contributed by atoms with Crippen molar-refractivity contribution < 1.29 is 8.42 Å². The molecular formula is C9H20N4O2S. The number of amidine groups is 1. The summed E-state index contributed by atoms with van der Waals surface area (Å²) >= 11 is 0. The van der Waals surface area contributed by atoms with Crippen LogP contribution in [0.4, 0.5) is 0 Å². The summed E-state index contributed by atoms with van der Waals surface area (Å²) in [6, 6.07) is 0. The minimum Gasteiger partial charge on any atom is -0.387 e. The van der Waals surface area contributed by atoms with Crippen LogP contribution in [0.5, 0.6) is 0 Å². The molecule has 7 heteroatoms. The fourth-order valence-electron chi connectivity index (χ4n) is 1.73. The normalized spacial score (nSPS) is 20.2. The third-order valence-electron chi connectivity index (χ3n) is 2.86. The molecule has 0 bridgehead atoms. The minimum atomic E-state index is -3.43. The van der Waals surface area contributed by atoms with Crippen LogP contribution >= 0.6 is 0 Å². The Morgan fingerprint density at radius 3 is 2.44 bits per heavy atom. The van der Waals surface area contributed by atoms with E-state index in [0.29, 0.717) is 19.0 Å². The lowest BCUT2D eigenvalue weighted by Crippen LogP contribution is -2.47. The zero-order valence-corrected chi connectivity index (χ0v) is 10.6. The fourth-order valence-corrected chi connectivity index (χ4v) is 3.10. The van der Waals surface area contributed by atoms with Crippen LogP contribution in [0.1, 0.15) is 19.8 Å². The maximum absolute atomic E-state index is 12.0. The van der Waals surface area contributed by atoms with Crippen molar-refractivity contribution in [3.05, 3.63) is 0 Å². The molecule has 1 heterocycles. The summed E-state index contributed by atoms with van der Waals surface area (Å²) < 4.78 is 26.7. The molecule has 1 fully saturated rings. The molecule has 0 spiro atoms. The number of rotatable bonds is 4. The predicted octanol–water partition coefficient (Wildman–Crippen LogP) is -0.169. The molecule has 0 atom stereocenters. The highest BCUT2D eigenvalue weighted by Gasteiger charge is 2.29. The third kappa shape index (κ3) is 3.16. The number of hydrogen-bond acceptors (Lipinski definition) is 3. The molecule has 1 aliphatic heterocycles. The summed E-state index contributed by atoms with van der Waals surface area (Å²) in [6.45, 7) is 3.20. The van der Waals surface area contributed by atoms with Gasteiger partial charge in [-0.3, -0.25) is 5.41 Å². The second-order valence-electron chi connectivity index (χ2n) is 4.37. The standard InChI is InChI=1S/C9H20N4O2S/c1-8-3-5-13(6-4-8)16(14,15)12(2)7-9(10)11/h8H,3-7H2,1-2H3,(H3,10,11). The SMILES string of the molecule is CC1CCN(S(=O)(=O)N(C)CC(=N)N)CC1. The van der Waals surface area contributed by atoms with Crippen molar-refractivity contribution in [3.8, 4) is 0 Å². The average molecular weight is 248 g/mol. The van der Waals surface area contributed by atoms with Gasteiger partial charge in [0.25, 0.3) is 10.2 Å². The maximum Gasteiger partial charge on any atom is 0.282 e. The van der Waals surface area contributed by atoms with E-state index in [4.69, 9.17) is 11.1 Å². The van der Waals surface area contributed by atoms with Gasteiger partial charge in [0.05, 0.1) is 6.54 Å². The Labute approximate surface area is 97.1 Å². The zero-order valence-electron chi connectivity index (χ0n) is 9.81. The van der Waals surface area contributed by atoms with Gasteiger partial charge in [-0.25, -0.2) is 0 Å². The molecule has 0 aromatic heterocycles. The number of nitrogens with zero attached hydrogens (tertiary/aromatic N) is 2. The highest BCUT2D eigenvalue weighted by molar-refractivity contribution is 7.86. The van der Waals surface area contributed by atoms with E-state index >= 15 is 0 Å². The minimum absolute atomic E-state index is 0.0472. The van der Waals surface area contributed by atoms with E-state index in [2.05, 4.69) is 6.92 Å². The summed E-state index contributed by atoms with van der Waals surface area (Å²) in [5, 5.41) is 7.10. The van der Waals surface area contributed by atoms with Gasteiger partial charge in [0.1, 0.15) is 5.84 Å². The molecule has 1 rings (SSSR count). The van der Waals surface area contributed by atoms with Crippen LogP contribution < -0.4 is 5.73 Å². The molecule has 1 saturated heterocycles. The van der Waals surface area contributed by atoms with Crippen LogP contribution in [0.3, 0.4) is 0 Å². The van der Waals surface area contributed by atoms with E-state index in [-0.39, 0.29) is 12.4 Å². The smallest absolute Gasteiger partial charge is 0.282 e. The van der Waals surface area contributed by atoms with E-state index in [1.165, 1.54) is 11.4 Å². The number of hydrogen-bond donors (Lipinski definition) is 2. The van der Waals surface area contributed by atoms with Crippen molar-refractivity contribution in [2.75, 3.05) is 26.7 Å². The summed E-state index contributed by atoms with van der Waals surface area (Å²) in [5.41, 5.74) is 5.20. The summed E-state index contributed by atoms with van der Waals surface area (Å²) in [6.07, 6.45) is 1.79. The van der Waals surface area contributed by atoms with Crippen LogP contribution in [0.25, 0.3) is 0 Å². The quantitative estimate of drug-likeness (QED) is 0.534. The van der Waals surface area contributed by atoms with Crippen LogP contribution in [-0.4, -0.2) is 49.5 Å². The van der Waals surface area contributed by atoms with Gasteiger partial charge in [0, 0.05) is 20.1 Å². The van der Waals surface area contributed by atoms with Crippen LogP contribution in [0, 0.1) is 11.3 Å². The number of nitrogens with one attached hydrogen (secondary N) is 1. The van der Waals surface area contributed by atoms with Gasteiger partial charge < -0.3 is 5.73 Å². The maximum atomic E-state index is 12.0. The lowest BCUT2D eigenvalue weighted by Gasteiger charge is -2.32. The first-order chi connectivity index (χ1) is 7.34. The van der Waals surface area contributed by atoms with Crippen molar-refractivity contribution >= 4 is 16.0 Å². The van der Waals surface area contributed by atoms with Crippen molar-refractivity contribution in [1.29, 1.82) is 5.41 Å². The van der Waals surface area contributed by atoms with Crippen molar-refractivity contribution in [2.45, 2.75) is 19.8 Å². The Kier molecular flexibility index (Phi) is 4.28. The molecule has 0 aromatic rings. The highest BCUT2D eigenvalue weighted by Crippen LogP contribution is 2.19. The van der Waals surface area contributed by atoms with Gasteiger partial charge in [-0.15, -0.1) is 0 Å². The Morgan fingerprint density at radius 1 is 1.50 bits per heavy atom. The van der Waals surface area contributed by atoms with Gasteiger partial charge in [-0.2, -0.15) is 17.0 Å². The third-order valence-corrected chi connectivity index (χ3v) is 4.79. The Morgan fingerprint density at radius 2 is 2.00 bits per heavy atom. The molecule has 0 amide bonds. The van der Waals surface area contributed by atoms with Gasteiger partial charge >= 0.3 is 0 Å². The van der Waals surface area contributed by atoms with Crippen LogP contribution in [0.15, 0.2) is 0 Å². The van der Waals surface area contributed by atoms with Crippen molar-refractivity contribution in [1.82, 2.24) is 8.61 Å². The molecule has 1 aliphatic rings. The highest BCUT2D eigenvalue weighted by atomic mass is 32.2. The largest absolute Gasteiger partial charge is 0.387 e. The predicted molar refractivity (Wildman–Crippen MR) is 63.4 cm³/mol. The van der Waals surface area contributed by atoms with Gasteiger partial charge in [-0.1, -0.05) is 6.92 Å². The molecule has 0 saturated carbocycles. The van der Waals surface area contributed by atoms with Crippen LogP contribution in [-0.2, 0) is 10.2 Å². The summed E-state index contributed by atoms with van der Waals surface area (Å²) in [7, 11) is -1.98. The van der Waals surface area contributed by atoms with Crippen molar-refractivity contribution in [3.63, 3.8) is 0 Å². The molecule has 6 nitrogen and oxygen atoms in total. The Balaban J connectivity index is 2.66. The molecular weight excluding hydrogens is 228 g/mol. The zero-order chi connectivity index (χ0) is 12.3. The molecule has 94 valence electrons. The molecule has 0 aliphatic carbocycles. The lowest BCUT2D eigenvalue weighted by atomic mass is 10.0. The molecule has 3 N–H and O–H groups in total. The van der Waals surface area contributed by atoms with E-state index in [1.54, 1.807) is 0 Å². The monoisotopic (exact) mass is 248 g/mol. The van der Waals surface area contributed by atoms with E-state index in [9.17, 15) is 8.42 Å². The van der Waals surface area contributed by atoms with Crippen molar-refractivity contribution in [2.24, 2.45) is 11.7 Å². The molecule has 0 unspecified atom stereocenters. The number of piperidine rings is 1. The van der Waals surface area contributed by atoms with Gasteiger partial charge in [0.15, 0.2) is 0 Å². The molecule has 16 heavy (non-hydrogen) atoms. The summed E-state index contributed by atoms with van der Waals surface area (Å²) in [5.74, 6) is 0.445. The second kappa shape index (κ2) is 5.11. The Bertz CT molecular complexity index is 347. The lowest BCUT2D eigenvalue weighted by molar-refractivity contribution is 0.273. The number of nitrogens with two attached hydrogens (primary N) is 1. The number of likely N-dealkylation sites (N-methyl/N-ethyl adjacent to an activating group) is 1. The van der Waals surface area contributed by atoms with E-state index in [1.807, 2.05) is 0 Å². The van der Waals surface area contributed by atoms with Gasteiger partial charge in [0.2, 0.25) is 0 Å². The van der Waals surface area contributed by atoms with Gasteiger partial charge in [-0.05, 0) is 18.8 Å². The second-order valence-corrected chi connectivity index (χ2v) is 6.41. The van der Waals surface area contributed by atoms with Crippen LogP contribution in [0.2, 0.25) is 0 Å². The van der Waals surface area contributed by atoms with E-state index in [0.717, 1.165) is 17.1 Å². The fraction of sp³-hybridized carbons (Fsp3) is 0.889. The first kappa shape index (κ1) is 13.4. The Hall–Kier alpha value is -0.660. The first-order valence-electron chi connectivity index (χ1n) is 5.38. The first-order valence-corrected chi connectivity index (χ1v) is 6.78. The molecule has 0 radical (unpaired) electrons. The molecule has 0 aromatic carbocycles. The van der Waals surface area contributed by atoms with E-state index < -0.39 is 10.2 Å².